The maximum atomic E-state index is 14.4. The Kier molecular flexibility index (Phi) is 5.55. The quantitative estimate of drug-likeness (QED) is 0.850. The largest absolute Gasteiger partial charge is 0.598 e. The van der Waals surface area contributed by atoms with Gasteiger partial charge < -0.3 is 4.55 Å². The van der Waals surface area contributed by atoms with Gasteiger partial charge in [-0.2, -0.15) is 5.26 Å². The standard InChI is InChI=1S/C15H19F3N2OS/c1-9(20-22(21)14(2,3)4)11-6-10(8-19)7-12(13(11)16)15(5,17)18/h6-7,9,20H,1-5H3/t9-,22-/m1/s1. The summed E-state index contributed by atoms with van der Waals surface area (Å²) in [7, 11) is 0. The molecule has 0 fully saturated rings. The zero-order valence-electron chi connectivity index (χ0n) is 13.1. The molecule has 0 aliphatic heterocycles. The fraction of sp³-hybridized carbons (Fsp3) is 0.533. The van der Waals surface area contributed by atoms with Crippen LogP contribution in [-0.2, 0) is 17.3 Å². The van der Waals surface area contributed by atoms with Gasteiger partial charge in [0.1, 0.15) is 10.6 Å². The van der Waals surface area contributed by atoms with Crippen molar-refractivity contribution in [3.63, 3.8) is 0 Å². The lowest BCUT2D eigenvalue weighted by Crippen LogP contribution is -2.40. The van der Waals surface area contributed by atoms with E-state index in [1.807, 2.05) is 0 Å². The van der Waals surface area contributed by atoms with Gasteiger partial charge in [-0.05, 0) is 39.8 Å². The molecule has 0 amide bonds. The Balaban J connectivity index is 3.27. The molecule has 22 heavy (non-hydrogen) atoms. The van der Waals surface area contributed by atoms with Crippen LogP contribution >= 0.6 is 0 Å². The van der Waals surface area contributed by atoms with E-state index in [9.17, 15) is 17.7 Å². The van der Waals surface area contributed by atoms with Gasteiger partial charge in [-0.15, -0.1) is 4.72 Å². The number of hydrogen-bond donors (Lipinski definition) is 1. The summed E-state index contributed by atoms with van der Waals surface area (Å²) in [5.74, 6) is -4.49. The molecule has 0 heterocycles. The summed E-state index contributed by atoms with van der Waals surface area (Å²) >= 11 is -1.50. The molecule has 1 N–H and O–H groups in total. The average molecular weight is 332 g/mol. The predicted molar refractivity (Wildman–Crippen MR) is 80.1 cm³/mol. The molecule has 1 aromatic rings. The third-order valence-corrected chi connectivity index (χ3v) is 4.69. The Bertz CT molecular complexity index is 588. The first-order valence-corrected chi connectivity index (χ1v) is 7.82. The van der Waals surface area contributed by atoms with Crippen LogP contribution in [0.15, 0.2) is 12.1 Å². The van der Waals surface area contributed by atoms with Gasteiger partial charge in [-0.25, -0.2) is 13.2 Å². The smallest absolute Gasteiger partial charge is 0.273 e. The third kappa shape index (κ3) is 4.38. The normalized spacial score (nSPS) is 15.3. The molecule has 1 rings (SSSR count). The summed E-state index contributed by atoms with van der Waals surface area (Å²) < 4.78 is 55.5. The number of nitrogens with one attached hydrogen (secondary N) is 1. The predicted octanol–water partition coefficient (Wildman–Crippen LogP) is 3.92. The van der Waals surface area contributed by atoms with Crippen molar-refractivity contribution < 1.29 is 17.7 Å². The van der Waals surface area contributed by atoms with Gasteiger partial charge in [-0.1, -0.05) is 0 Å². The lowest BCUT2D eigenvalue weighted by Gasteiger charge is -2.27. The van der Waals surface area contributed by atoms with E-state index in [-0.39, 0.29) is 11.1 Å². The van der Waals surface area contributed by atoms with Crippen LogP contribution in [0.3, 0.4) is 0 Å². The van der Waals surface area contributed by atoms with Gasteiger partial charge in [0.2, 0.25) is 0 Å². The highest BCUT2D eigenvalue weighted by Gasteiger charge is 2.33. The number of halogens is 3. The lowest BCUT2D eigenvalue weighted by atomic mass is 9.98. The van der Waals surface area contributed by atoms with Gasteiger partial charge in [-0.3, -0.25) is 0 Å². The van der Waals surface area contributed by atoms with Crippen LogP contribution in [-0.4, -0.2) is 9.30 Å². The third-order valence-electron chi connectivity index (χ3n) is 3.01. The summed E-state index contributed by atoms with van der Waals surface area (Å²) in [4.78, 5) is 0. The van der Waals surface area contributed by atoms with Crippen LogP contribution < -0.4 is 4.72 Å². The SMILES string of the molecule is C[C@@H](N[S@+]([O-])C(C)(C)C)c1cc(C#N)cc(C(C)(F)F)c1F. The number of rotatable bonds is 4. The van der Waals surface area contributed by atoms with Crippen molar-refractivity contribution in [2.24, 2.45) is 0 Å². The second-order valence-corrected chi connectivity index (χ2v) is 8.15. The van der Waals surface area contributed by atoms with Crippen LogP contribution in [0.5, 0.6) is 0 Å². The molecule has 122 valence electrons. The molecule has 0 saturated carbocycles. The summed E-state index contributed by atoms with van der Waals surface area (Å²) in [5, 5.41) is 8.94. The Morgan fingerprint density at radius 1 is 1.27 bits per heavy atom. The molecule has 0 saturated heterocycles. The Morgan fingerprint density at radius 3 is 2.23 bits per heavy atom. The fourth-order valence-corrected chi connectivity index (χ4v) is 2.55. The van der Waals surface area contributed by atoms with E-state index in [2.05, 4.69) is 4.72 Å². The van der Waals surface area contributed by atoms with Crippen LogP contribution in [0.1, 0.15) is 57.4 Å². The maximum absolute atomic E-state index is 14.4. The molecule has 0 aliphatic rings. The zero-order chi connectivity index (χ0) is 17.3. The van der Waals surface area contributed by atoms with Gasteiger partial charge in [0.25, 0.3) is 5.92 Å². The summed E-state index contributed by atoms with van der Waals surface area (Å²) in [6.07, 6.45) is 0. The van der Waals surface area contributed by atoms with Gasteiger partial charge >= 0.3 is 0 Å². The van der Waals surface area contributed by atoms with Gasteiger partial charge in [0, 0.05) is 23.8 Å². The van der Waals surface area contributed by atoms with Crippen molar-refractivity contribution in [1.82, 2.24) is 4.72 Å². The molecule has 1 aromatic carbocycles. The highest BCUT2D eigenvalue weighted by Crippen LogP contribution is 2.34. The van der Waals surface area contributed by atoms with Crippen LogP contribution in [0.4, 0.5) is 13.2 Å². The highest BCUT2D eigenvalue weighted by atomic mass is 32.2. The summed E-state index contributed by atoms with van der Waals surface area (Å²) in [6.45, 7) is 7.28. The summed E-state index contributed by atoms with van der Waals surface area (Å²) in [6, 6.07) is 3.00. The maximum Gasteiger partial charge on any atom is 0.273 e. The second kappa shape index (κ2) is 6.49. The highest BCUT2D eigenvalue weighted by molar-refractivity contribution is 7.90. The number of alkyl halides is 2. The van der Waals surface area contributed by atoms with Crippen molar-refractivity contribution in [2.45, 2.75) is 51.3 Å². The molecule has 7 heteroatoms. The first-order chi connectivity index (χ1) is 9.87. The molecule has 0 radical (unpaired) electrons. The molecule has 3 nitrogen and oxygen atoms in total. The molecule has 2 atom stereocenters. The summed E-state index contributed by atoms with van der Waals surface area (Å²) in [5.41, 5.74) is -1.01. The Labute approximate surface area is 131 Å². The van der Waals surface area contributed by atoms with Crippen LogP contribution in [0, 0.1) is 17.1 Å². The first-order valence-electron chi connectivity index (χ1n) is 6.67. The minimum atomic E-state index is -3.41. The minimum absolute atomic E-state index is 0.0666. The number of hydrogen-bond acceptors (Lipinski definition) is 3. The Morgan fingerprint density at radius 2 is 1.82 bits per heavy atom. The monoisotopic (exact) mass is 332 g/mol. The van der Waals surface area contributed by atoms with Gasteiger partial charge in [0.15, 0.2) is 0 Å². The van der Waals surface area contributed by atoms with E-state index >= 15 is 0 Å². The zero-order valence-corrected chi connectivity index (χ0v) is 13.9. The minimum Gasteiger partial charge on any atom is -0.598 e. The topological polar surface area (TPSA) is 58.9 Å². The number of benzene rings is 1. The number of nitrogens with zero attached hydrogens (tertiary/aromatic N) is 1. The second-order valence-electron chi connectivity index (χ2n) is 6.15. The Hall–Kier alpha value is -1.23. The van der Waals surface area contributed by atoms with Crippen molar-refractivity contribution in [1.29, 1.82) is 5.26 Å². The van der Waals surface area contributed by atoms with E-state index in [1.165, 1.54) is 13.0 Å². The van der Waals surface area contributed by atoms with Crippen molar-refractivity contribution in [2.75, 3.05) is 0 Å². The van der Waals surface area contributed by atoms with Crippen LogP contribution in [0.2, 0.25) is 0 Å². The molecule has 0 aromatic heterocycles. The lowest BCUT2D eigenvalue weighted by molar-refractivity contribution is 0.0135. The molecule has 0 unspecified atom stereocenters. The van der Waals surface area contributed by atoms with E-state index in [0.29, 0.717) is 6.92 Å². The molecule has 0 aliphatic carbocycles. The molecular formula is C15H19F3N2OS. The van der Waals surface area contributed by atoms with Crippen LogP contribution in [0.25, 0.3) is 0 Å². The van der Waals surface area contributed by atoms with Crippen molar-refractivity contribution >= 4 is 11.4 Å². The molecular weight excluding hydrogens is 313 g/mol. The van der Waals surface area contributed by atoms with Crippen molar-refractivity contribution in [3.8, 4) is 6.07 Å². The van der Waals surface area contributed by atoms with E-state index in [4.69, 9.17) is 5.26 Å². The van der Waals surface area contributed by atoms with E-state index in [1.54, 1.807) is 26.8 Å². The van der Waals surface area contributed by atoms with Gasteiger partial charge in [0.05, 0.1) is 23.2 Å². The molecule has 0 bridgehead atoms. The van der Waals surface area contributed by atoms with E-state index < -0.39 is 39.5 Å². The van der Waals surface area contributed by atoms with E-state index in [0.717, 1.165) is 6.07 Å². The first kappa shape index (κ1) is 18.8. The van der Waals surface area contributed by atoms with Crippen molar-refractivity contribution in [3.05, 3.63) is 34.6 Å². The molecule has 0 spiro atoms. The number of nitriles is 1. The fourth-order valence-electron chi connectivity index (χ4n) is 1.75. The average Bonchev–Trinajstić information content (AvgIpc) is 2.36.